The van der Waals surface area contributed by atoms with Crippen LogP contribution < -0.4 is 4.74 Å². The first kappa shape index (κ1) is 9.06. The molecule has 1 aliphatic rings. The fourth-order valence-corrected chi connectivity index (χ4v) is 1.62. The predicted molar refractivity (Wildman–Crippen MR) is 52.5 cm³/mol. The number of para-hydroxylation sites is 1. The fraction of sp³-hybridized carbons (Fsp3) is 0.364. The first-order valence-electron chi connectivity index (χ1n) is 4.76. The molecule has 1 radical (unpaired) electrons. The molecule has 1 heterocycles. The van der Waals surface area contributed by atoms with E-state index in [2.05, 4.69) is 0 Å². The highest BCUT2D eigenvalue weighted by Crippen LogP contribution is 2.20. The van der Waals surface area contributed by atoms with Crippen LogP contribution >= 0.6 is 0 Å². The number of benzene rings is 1. The van der Waals surface area contributed by atoms with E-state index < -0.39 is 0 Å². The van der Waals surface area contributed by atoms with Crippen LogP contribution in [-0.4, -0.2) is 24.1 Å². The largest absolute Gasteiger partial charge is 0.470 e. The Hall–Kier alpha value is -1.51. The van der Waals surface area contributed by atoms with Gasteiger partial charge in [-0.3, -0.25) is 9.69 Å². The van der Waals surface area contributed by atoms with E-state index in [1.807, 2.05) is 36.7 Å². The van der Waals surface area contributed by atoms with Crippen LogP contribution in [-0.2, 0) is 4.79 Å². The van der Waals surface area contributed by atoms with Crippen molar-refractivity contribution in [1.82, 2.24) is 4.90 Å². The van der Waals surface area contributed by atoms with E-state index >= 15 is 0 Å². The summed E-state index contributed by atoms with van der Waals surface area (Å²) in [6.07, 6.45) is 3.65. The normalized spacial score (nSPS) is 20.9. The van der Waals surface area contributed by atoms with Gasteiger partial charge in [0.15, 0.2) is 6.23 Å². The SMILES string of the molecule is O=[C]N1CCCC1Oc1ccccc1. The lowest BCUT2D eigenvalue weighted by Crippen LogP contribution is -2.32. The van der Waals surface area contributed by atoms with E-state index in [-0.39, 0.29) is 6.23 Å². The Morgan fingerprint density at radius 3 is 2.86 bits per heavy atom. The molecule has 1 atom stereocenters. The third-order valence-electron chi connectivity index (χ3n) is 2.33. The Kier molecular flexibility index (Phi) is 2.68. The van der Waals surface area contributed by atoms with Gasteiger partial charge in [0, 0.05) is 13.0 Å². The quantitative estimate of drug-likeness (QED) is 0.723. The molecule has 0 bridgehead atoms. The Bertz CT molecular complexity index is 299. The molecule has 14 heavy (non-hydrogen) atoms. The summed E-state index contributed by atoms with van der Waals surface area (Å²) in [6.45, 7) is 0.751. The molecule has 1 aliphatic heterocycles. The second-order valence-electron chi connectivity index (χ2n) is 3.31. The van der Waals surface area contributed by atoms with Crippen LogP contribution in [0, 0.1) is 0 Å². The summed E-state index contributed by atoms with van der Waals surface area (Å²) in [5.74, 6) is 0.805. The van der Waals surface area contributed by atoms with Crippen molar-refractivity contribution < 1.29 is 9.53 Å². The highest BCUT2D eigenvalue weighted by atomic mass is 16.5. The highest BCUT2D eigenvalue weighted by molar-refractivity contribution is 5.49. The molecule has 0 aliphatic carbocycles. The van der Waals surface area contributed by atoms with Crippen molar-refractivity contribution in [3.05, 3.63) is 30.3 Å². The highest BCUT2D eigenvalue weighted by Gasteiger charge is 2.24. The molecule has 1 aromatic carbocycles. The Labute approximate surface area is 83.3 Å². The Morgan fingerprint density at radius 2 is 2.14 bits per heavy atom. The molecular weight excluding hydrogens is 178 g/mol. The lowest BCUT2D eigenvalue weighted by molar-refractivity contribution is 0.109. The molecule has 1 saturated heterocycles. The van der Waals surface area contributed by atoms with Gasteiger partial charge in [0.2, 0.25) is 0 Å². The van der Waals surface area contributed by atoms with Crippen LogP contribution in [0.15, 0.2) is 30.3 Å². The average Bonchev–Trinajstić information content (AvgIpc) is 2.67. The first-order chi connectivity index (χ1) is 6.90. The molecule has 3 heteroatoms. The predicted octanol–water partition coefficient (Wildman–Crippen LogP) is 1.55. The van der Waals surface area contributed by atoms with Gasteiger partial charge in [-0.1, -0.05) is 18.2 Å². The number of rotatable bonds is 3. The van der Waals surface area contributed by atoms with Gasteiger partial charge in [-0.15, -0.1) is 0 Å². The number of likely N-dealkylation sites (tertiary alicyclic amines) is 1. The molecule has 1 unspecified atom stereocenters. The summed E-state index contributed by atoms with van der Waals surface area (Å²) < 4.78 is 5.64. The zero-order valence-electron chi connectivity index (χ0n) is 7.85. The van der Waals surface area contributed by atoms with Crippen LogP contribution in [0.5, 0.6) is 5.75 Å². The van der Waals surface area contributed by atoms with Crippen molar-refractivity contribution in [3.63, 3.8) is 0 Å². The maximum absolute atomic E-state index is 10.5. The zero-order valence-corrected chi connectivity index (χ0v) is 7.85. The summed E-state index contributed by atoms with van der Waals surface area (Å²) in [5.41, 5.74) is 0. The number of ether oxygens (including phenoxy) is 1. The van der Waals surface area contributed by atoms with E-state index in [9.17, 15) is 4.79 Å². The van der Waals surface area contributed by atoms with Crippen molar-refractivity contribution in [2.45, 2.75) is 19.1 Å². The van der Waals surface area contributed by atoms with E-state index in [0.717, 1.165) is 25.1 Å². The molecule has 1 fully saturated rings. The average molecular weight is 190 g/mol. The molecule has 1 amide bonds. The smallest absolute Gasteiger partial charge is 0.315 e. The minimum atomic E-state index is -0.130. The van der Waals surface area contributed by atoms with E-state index in [0.29, 0.717) is 0 Å². The van der Waals surface area contributed by atoms with Crippen LogP contribution in [0.2, 0.25) is 0 Å². The number of nitrogens with zero attached hydrogens (tertiary/aromatic N) is 1. The van der Waals surface area contributed by atoms with Gasteiger partial charge in [0.25, 0.3) is 0 Å². The van der Waals surface area contributed by atoms with E-state index in [1.54, 1.807) is 4.90 Å². The number of hydrogen-bond acceptors (Lipinski definition) is 2. The Morgan fingerprint density at radius 1 is 1.36 bits per heavy atom. The summed E-state index contributed by atoms with van der Waals surface area (Å²) in [7, 11) is 0. The van der Waals surface area contributed by atoms with Crippen molar-refractivity contribution in [2.24, 2.45) is 0 Å². The second-order valence-corrected chi connectivity index (χ2v) is 3.31. The van der Waals surface area contributed by atoms with E-state index in [4.69, 9.17) is 4.74 Å². The molecule has 3 nitrogen and oxygen atoms in total. The van der Waals surface area contributed by atoms with Crippen LogP contribution in [0.3, 0.4) is 0 Å². The van der Waals surface area contributed by atoms with Gasteiger partial charge in [-0.05, 0) is 18.6 Å². The lowest BCUT2D eigenvalue weighted by Gasteiger charge is -2.20. The number of hydrogen-bond donors (Lipinski definition) is 0. The van der Waals surface area contributed by atoms with Gasteiger partial charge in [-0.25, -0.2) is 0 Å². The van der Waals surface area contributed by atoms with Crippen molar-refractivity contribution >= 4 is 6.41 Å². The number of carbonyl (C=O) groups excluding carboxylic acids is 1. The van der Waals surface area contributed by atoms with Crippen molar-refractivity contribution in [2.75, 3.05) is 6.54 Å². The fourth-order valence-electron chi connectivity index (χ4n) is 1.62. The van der Waals surface area contributed by atoms with Gasteiger partial charge in [-0.2, -0.15) is 0 Å². The summed E-state index contributed by atoms with van der Waals surface area (Å²) in [4.78, 5) is 12.1. The first-order valence-corrected chi connectivity index (χ1v) is 4.76. The van der Waals surface area contributed by atoms with Gasteiger partial charge < -0.3 is 4.74 Å². The summed E-state index contributed by atoms with van der Waals surface area (Å²) in [6, 6.07) is 9.55. The Balaban J connectivity index is 2.00. The monoisotopic (exact) mass is 190 g/mol. The minimum Gasteiger partial charge on any atom is -0.470 e. The van der Waals surface area contributed by atoms with Gasteiger partial charge >= 0.3 is 6.41 Å². The molecule has 73 valence electrons. The maximum atomic E-state index is 10.5. The number of amides is 1. The lowest BCUT2D eigenvalue weighted by atomic mass is 10.3. The van der Waals surface area contributed by atoms with Gasteiger partial charge in [0.1, 0.15) is 5.75 Å². The van der Waals surface area contributed by atoms with Crippen molar-refractivity contribution in [1.29, 1.82) is 0 Å². The molecule has 1 aromatic rings. The standard InChI is InChI=1S/C11H12NO2/c13-9-12-8-4-7-11(12)14-10-5-2-1-3-6-10/h1-3,5-6,11H,4,7-8H2. The third-order valence-corrected chi connectivity index (χ3v) is 2.33. The van der Waals surface area contributed by atoms with Gasteiger partial charge in [0.05, 0.1) is 0 Å². The molecular formula is C11H12NO2. The second kappa shape index (κ2) is 4.13. The van der Waals surface area contributed by atoms with Crippen LogP contribution in [0.4, 0.5) is 0 Å². The zero-order chi connectivity index (χ0) is 9.80. The molecule has 0 spiro atoms. The van der Waals surface area contributed by atoms with Crippen LogP contribution in [0.25, 0.3) is 0 Å². The molecule has 0 N–H and O–H groups in total. The van der Waals surface area contributed by atoms with E-state index in [1.165, 1.54) is 0 Å². The summed E-state index contributed by atoms with van der Waals surface area (Å²) >= 11 is 0. The molecule has 0 aromatic heterocycles. The molecule has 0 saturated carbocycles. The minimum absolute atomic E-state index is 0.130. The maximum Gasteiger partial charge on any atom is 0.315 e. The van der Waals surface area contributed by atoms with Crippen molar-refractivity contribution in [3.8, 4) is 5.75 Å². The molecule has 2 rings (SSSR count). The topological polar surface area (TPSA) is 29.5 Å². The summed E-state index contributed by atoms with van der Waals surface area (Å²) in [5, 5.41) is 0. The third kappa shape index (κ3) is 1.87. The van der Waals surface area contributed by atoms with Crippen LogP contribution in [0.1, 0.15) is 12.8 Å².